The molecule has 0 aliphatic carbocycles. The Balaban J connectivity index is 4.08. The van der Waals surface area contributed by atoms with Gasteiger partial charge >= 0.3 is 19.8 Å². The minimum Gasteiger partial charge on any atom is -0.462 e. The number of ether oxygens (including phenoxy) is 2. The standard InChI is InChI=1S/C45H84NO8P/c1-3-5-7-9-11-13-15-17-18-19-20-21-22-23-24-26-27-29-31-33-35-37-44(47)51-41-43(42-53-55(49,50)52-40-39-46)54-45(48)38-36-34-32-30-28-25-16-14-12-10-8-6-4-2/h8,10,14,16,19-20,43H,3-7,9,11-13,15,17-18,21-42,46H2,1-2H3,(H,49,50)/b10-8-,16-14-,20-19-. The van der Waals surface area contributed by atoms with Crippen molar-refractivity contribution in [3.05, 3.63) is 36.5 Å². The summed E-state index contributed by atoms with van der Waals surface area (Å²) in [5.74, 6) is -0.845. The van der Waals surface area contributed by atoms with Crippen LogP contribution in [0.25, 0.3) is 0 Å². The zero-order valence-corrected chi connectivity index (χ0v) is 36.3. The van der Waals surface area contributed by atoms with Gasteiger partial charge in [0.1, 0.15) is 6.61 Å². The fourth-order valence-electron chi connectivity index (χ4n) is 6.14. The minimum absolute atomic E-state index is 0.0505. The molecular formula is C45H84NO8P. The second-order valence-electron chi connectivity index (χ2n) is 14.9. The molecule has 2 atom stereocenters. The van der Waals surface area contributed by atoms with Crippen molar-refractivity contribution in [1.82, 2.24) is 0 Å². The fourth-order valence-corrected chi connectivity index (χ4v) is 6.90. The number of rotatable bonds is 42. The Kier molecular flexibility index (Phi) is 40.5. The zero-order chi connectivity index (χ0) is 40.3. The lowest BCUT2D eigenvalue weighted by Gasteiger charge is -2.19. The minimum atomic E-state index is -4.38. The average molecular weight is 798 g/mol. The highest BCUT2D eigenvalue weighted by Gasteiger charge is 2.26. The van der Waals surface area contributed by atoms with Crippen LogP contribution in [0.2, 0.25) is 0 Å². The van der Waals surface area contributed by atoms with E-state index in [0.29, 0.717) is 6.42 Å². The summed E-state index contributed by atoms with van der Waals surface area (Å²) in [5.41, 5.74) is 5.35. The van der Waals surface area contributed by atoms with E-state index >= 15 is 0 Å². The molecule has 9 nitrogen and oxygen atoms in total. The van der Waals surface area contributed by atoms with Gasteiger partial charge in [0.05, 0.1) is 13.2 Å². The van der Waals surface area contributed by atoms with E-state index in [1.165, 1.54) is 109 Å². The SMILES string of the molecule is CCC/C=C\C/C=C\CCCCCCCC(=O)OC(COC(=O)CCCCCCCCCCC/C=C\CCCCCCCCCC)COP(=O)(O)OCCN. The van der Waals surface area contributed by atoms with Gasteiger partial charge in [-0.15, -0.1) is 0 Å². The van der Waals surface area contributed by atoms with Crippen LogP contribution < -0.4 is 5.73 Å². The van der Waals surface area contributed by atoms with Gasteiger partial charge in [0.2, 0.25) is 0 Å². The van der Waals surface area contributed by atoms with E-state index in [1.807, 2.05) is 0 Å². The molecule has 322 valence electrons. The molecule has 0 saturated carbocycles. The number of allylic oxidation sites excluding steroid dienone is 6. The highest BCUT2D eigenvalue weighted by Crippen LogP contribution is 2.43. The number of phosphoric acid groups is 1. The molecule has 0 bridgehead atoms. The molecule has 0 aromatic heterocycles. The molecule has 0 heterocycles. The fraction of sp³-hybridized carbons (Fsp3) is 0.822. The molecule has 0 aromatic carbocycles. The summed E-state index contributed by atoms with van der Waals surface area (Å²) >= 11 is 0. The molecule has 0 saturated heterocycles. The van der Waals surface area contributed by atoms with Gasteiger partial charge in [-0.1, -0.05) is 166 Å². The Hall–Kier alpha value is -1.77. The normalized spacial score (nSPS) is 13.6. The molecule has 0 rings (SSSR count). The smallest absolute Gasteiger partial charge is 0.462 e. The van der Waals surface area contributed by atoms with Crippen molar-refractivity contribution < 1.29 is 37.6 Å². The Bertz CT molecular complexity index is 1000. The molecule has 0 spiro atoms. The summed E-state index contributed by atoms with van der Waals surface area (Å²) in [5, 5.41) is 0. The molecule has 0 radical (unpaired) electrons. The van der Waals surface area contributed by atoms with E-state index in [1.54, 1.807) is 0 Å². The van der Waals surface area contributed by atoms with E-state index in [-0.39, 0.29) is 38.6 Å². The maximum absolute atomic E-state index is 12.6. The van der Waals surface area contributed by atoms with E-state index in [9.17, 15) is 19.0 Å². The van der Waals surface area contributed by atoms with Crippen LogP contribution in [0.15, 0.2) is 36.5 Å². The van der Waals surface area contributed by atoms with E-state index < -0.39 is 26.5 Å². The Morgan fingerprint density at radius 1 is 0.545 bits per heavy atom. The highest BCUT2D eigenvalue weighted by molar-refractivity contribution is 7.47. The number of carbonyl (C=O) groups excluding carboxylic acids is 2. The molecule has 0 fully saturated rings. The number of hydrogen-bond acceptors (Lipinski definition) is 8. The van der Waals surface area contributed by atoms with E-state index in [0.717, 1.165) is 64.2 Å². The summed E-state index contributed by atoms with van der Waals surface area (Å²) in [6.45, 7) is 3.66. The molecule has 55 heavy (non-hydrogen) atoms. The summed E-state index contributed by atoms with van der Waals surface area (Å²) in [7, 11) is -4.38. The number of nitrogens with two attached hydrogens (primary N) is 1. The van der Waals surface area contributed by atoms with Gasteiger partial charge in [-0.2, -0.15) is 0 Å². The lowest BCUT2D eigenvalue weighted by atomic mass is 10.1. The van der Waals surface area contributed by atoms with Crippen LogP contribution in [-0.4, -0.2) is 49.3 Å². The van der Waals surface area contributed by atoms with Crippen molar-refractivity contribution in [3.8, 4) is 0 Å². The monoisotopic (exact) mass is 798 g/mol. The first-order valence-electron chi connectivity index (χ1n) is 22.5. The average Bonchev–Trinajstić information content (AvgIpc) is 3.17. The first-order chi connectivity index (χ1) is 26.8. The summed E-state index contributed by atoms with van der Waals surface area (Å²) < 4.78 is 32.8. The second-order valence-corrected chi connectivity index (χ2v) is 16.4. The molecule has 0 amide bonds. The van der Waals surface area contributed by atoms with E-state index in [2.05, 4.69) is 50.3 Å². The predicted molar refractivity (Wildman–Crippen MR) is 229 cm³/mol. The molecule has 0 aliphatic heterocycles. The van der Waals surface area contributed by atoms with Crippen molar-refractivity contribution in [1.29, 1.82) is 0 Å². The molecule has 3 N–H and O–H groups in total. The molecule has 10 heteroatoms. The van der Waals surface area contributed by atoms with Crippen molar-refractivity contribution in [2.24, 2.45) is 5.73 Å². The van der Waals surface area contributed by atoms with Crippen LogP contribution in [0.1, 0.15) is 206 Å². The molecular weight excluding hydrogens is 713 g/mol. The summed E-state index contributed by atoms with van der Waals surface area (Å²) in [4.78, 5) is 34.9. The lowest BCUT2D eigenvalue weighted by molar-refractivity contribution is -0.161. The van der Waals surface area contributed by atoms with Gasteiger partial charge in [-0.05, 0) is 64.2 Å². The maximum Gasteiger partial charge on any atom is 0.472 e. The van der Waals surface area contributed by atoms with Gasteiger partial charge in [-0.25, -0.2) is 4.57 Å². The number of carbonyl (C=O) groups is 2. The van der Waals surface area contributed by atoms with Gasteiger partial charge in [0, 0.05) is 19.4 Å². The van der Waals surface area contributed by atoms with Gasteiger partial charge in [0.15, 0.2) is 6.10 Å². The van der Waals surface area contributed by atoms with Crippen molar-refractivity contribution in [2.75, 3.05) is 26.4 Å². The quantitative estimate of drug-likeness (QED) is 0.0268. The lowest BCUT2D eigenvalue weighted by Crippen LogP contribution is -2.29. The number of hydrogen-bond donors (Lipinski definition) is 2. The van der Waals surface area contributed by atoms with Crippen LogP contribution in [0.5, 0.6) is 0 Å². The zero-order valence-electron chi connectivity index (χ0n) is 35.4. The number of phosphoric ester groups is 1. The summed E-state index contributed by atoms with van der Waals surface area (Å²) in [6.07, 6.45) is 46.1. The molecule has 2 unspecified atom stereocenters. The third-order valence-corrected chi connectivity index (χ3v) is 10.5. The Labute approximate surface area is 337 Å². The number of unbranched alkanes of at least 4 members (excludes halogenated alkanes) is 23. The van der Waals surface area contributed by atoms with Crippen molar-refractivity contribution >= 4 is 19.8 Å². The van der Waals surface area contributed by atoms with E-state index in [4.69, 9.17) is 24.3 Å². The van der Waals surface area contributed by atoms with Crippen LogP contribution in [0.4, 0.5) is 0 Å². The topological polar surface area (TPSA) is 134 Å². The first-order valence-corrected chi connectivity index (χ1v) is 24.0. The predicted octanol–water partition coefficient (Wildman–Crippen LogP) is 12.9. The van der Waals surface area contributed by atoms with Crippen molar-refractivity contribution in [3.63, 3.8) is 0 Å². The van der Waals surface area contributed by atoms with Crippen molar-refractivity contribution in [2.45, 2.75) is 213 Å². The summed E-state index contributed by atoms with van der Waals surface area (Å²) in [6, 6.07) is 0. The van der Waals surface area contributed by atoms with Crippen LogP contribution in [0, 0.1) is 0 Å². The Morgan fingerprint density at radius 3 is 1.47 bits per heavy atom. The third-order valence-electron chi connectivity index (χ3n) is 9.48. The van der Waals surface area contributed by atoms with Crippen LogP contribution in [0.3, 0.4) is 0 Å². The number of esters is 2. The third kappa shape index (κ3) is 41.7. The van der Waals surface area contributed by atoms with Gasteiger partial charge in [-0.3, -0.25) is 18.6 Å². The van der Waals surface area contributed by atoms with Crippen LogP contribution >= 0.6 is 7.82 Å². The largest absolute Gasteiger partial charge is 0.472 e. The maximum atomic E-state index is 12.6. The van der Waals surface area contributed by atoms with Crippen LogP contribution in [-0.2, 0) is 32.7 Å². The second kappa shape index (κ2) is 41.9. The Morgan fingerprint density at radius 2 is 0.982 bits per heavy atom. The van der Waals surface area contributed by atoms with Gasteiger partial charge in [0.25, 0.3) is 0 Å². The highest BCUT2D eigenvalue weighted by atomic mass is 31.2. The first kappa shape index (κ1) is 53.2. The molecule has 0 aromatic rings. The molecule has 0 aliphatic rings. The van der Waals surface area contributed by atoms with Gasteiger partial charge < -0.3 is 20.1 Å².